The van der Waals surface area contributed by atoms with E-state index in [1.54, 1.807) is 11.8 Å². The van der Waals surface area contributed by atoms with Crippen molar-refractivity contribution in [3.63, 3.8) is 0 Å². The van der Waals surface area contributed by atoms with E-state index in [9.17, 15) is 18.0 Å². The topological polar surface area (TPSA) is 84.6 Å². The average Bonchev–Trinajstić information content (AvgIpc) is 3.51. The zero-order valence-electron chi connectivity index (χ0n) is 27.8. The minimum Gasteiger partial charge on any atom is -0.406 e. The molecular formula is C36H41F3N6O2S. The molecule has 0 radical (unpaired) electrons. The van der Waals surface area contributed by atoms with Crippen molar-refractivity contribution in [2.75, 3.05) is 17.2 Å². The third-order valence-corrected chi connectivity index (χ3v) is 9.27. The van der Waals surface area contributed by atoms with Gasteiger partial charge in [-0.3, -0.25) is 0 Å². The molecular weight excluding hydrogens is 637 g/mol. The first-order valence-electron chi connectivity index (χ1n) is 16.1. The number of aliphatic imine (C=N–C) groups is 1. The quantitative estimate of drug-likeness (QED) is 0.180. The number of carbonyl (C=O) groups is 1. The van der Waals surface area contributed by atoms with Gasteiger partial charge in [0.2, 0.25) is 0 Å². The SMILES string of the molecule is Cc1cccc(N2/C(=N/C(=O)NCCC(C)Cc3ccc(-c4ncn(-c5ccc(OC(F)(F)F)cc5)n4)cc3)SCCC2C)c1C(C)C. The van der Waals surface area contributed by atoms with Gasteiger partial charge in [0.15, 0.2) is 11.0 Å². The Hall–Kier alpha value is -4.32. The van der Waals surface area contributed by atoms with Gasteiger partial charge in [-0.2, -0.15) is 4.99 Å². The first-order chi connectivity index (χ1) is 22.9. The standard InChI is InChI=1S/C36H41F3N6O2S/c1-23(2)32-25(4)7-6-8-31(32)45-26(5)18-20-48-35(45)42-34(46)40-19-17-24(3)21-27-9-11-28(12-10-27)33-41-22-44(43-33)29-13-15-30(16-14-29)47-36(37,38)39/h6-16,22-24,26H,17-21H2,1-5H3,(H,40,46)/b42-35-. The normalized spacial score (nSPS) is 16.7. The monoisotopic (exact) mass is 678 g/mol. The predicted molar refractivity (Wildman–Crippen MR) is 186 cm³/mol. The molecule has 0 aliphatic carbocycles. The number of aromatic nitrogens is 3. The van der Waals surface area contributed by atoms with E-state index < -0.39 is 6.36 Å². The van der Waals surface area contributed by atoms with E-state index in [1.807, 2.05) is 24.3 Å². The van der Waals surface area contributed by atoms with E-state index in [-0.39, 0.29) is 17.8 Å². The van der Waals surface area contributed by atoms with Crippen molar-refractivity contribution in [1.82, 2.24) is 20.1 Å². The van der Waals surface area contributed by atoms with Gasteiger partial charge < -0.3 is 15.0 Å². The Morgan fingerprint density at radius 1 is 1.08 bits per heavy atom. The first kappa shape index (κ1) is 35.0. The zero-order chi connectivity index (χ0) is 34.4. The maximum atomic E-state index is 13.0. The van der Waals surface area contributed by atoms with Crippen LogP contribution in [0.3, 0.4) is 0 Å². The van der Waals surface area contributed by atoms with E-state index in [2.05, 4.69) is 82.8 Å². The molecule has 1 aliphatic rings. The summed E-state index contributed by atoms with van der Waals surface area (Å²) in [6.07, 6.45) is -0.560. The van der Waals surface area contributed by atoms with Crippen LogP contribution in [-0.2, 0) is 6.42 Å². The van der Waals surface area contributed by atoms with Gasteiger partial charge in [-0.15, -0.1) is 18.3 Å². The van der Waals surface area contributed by atoms with Gasteiger partial charge in [-0.1, -0.05) is 68.9 Å². The molecule has 2 heterocycles. The number of nitrogens with zero attached hydrogens (tertiary/aromatic N) is 5. The lowest BCUT2D eigenvalue weighted by Crippen LogP contribution is -2.43. The summed E-state index contributed by atoms with van der Waals surface area (Å²) in [6, 6.07) is 19.7. The lowest BCUT2D eigenvalue weighted by molar-refractivity contribution is -0.274. The summed E-state index contributed by atoms with van der Waals surface area (Å²) in [5.41, 5.74) is 6.20. The van der Waals surface area contributed by atoms with Crippen LogP contribution in [0, 0.1) is 12.8 Å². The number of urea groups is 1. The molecule has 2 atom stereocenters. The molecule has 5 rings (SSSR count). The number of nitrogens with one attached hydrogen (secondary N) is 1. The molecule has 3 aromatic carbocycles. The van der Waals surface area contributed by atoms with Crippen LogP contribution in [0.2, 0.25) is 0 Å². The van der Waals surface area contributed by atoms with E-state index in [4.69, 9.17) is 0 Å². The van der Waals surface area contributed by atoms with Crippen LogP contribution in [-0.4, -0.2) is 50.7 Å². The molecule has 254 valence electrons. The highest BCUT2D eigenvalue weighted by molar-refractivity contribution is 8.14. The van der Waals surface area contributed by atoms with Gasteiger partial charge in [0.1, 0.15) is 12.1 Å². The maximum Gasteiger partial charge on any atom is 0.573 e. The molecule has 0 bridgehead atoms. The van der Waals surface area contributed by atoms with Crippen LogP contribution in [0.5, 0.6) is 5.75 Å². The number of anilines is 1. The Balaban J connectivity index is 1.13. The largest absolute Gasteiger partial charge is 0.573 e. The van der Waals surface area contributed by atoms with Gasteiger partial charge in [-0.25, -0.2) is 14.5 Å². The fraction of sp³-hybridized carbons (Fsp3) is 0.389. The molecule has 8 nitrogen and oxygen atoms in total. The van der Waals surface area contributed by atoms with Gasteiger partial charge in [0, 0.05) is 29.6 Å². The molecule has 12 heteroatoms. The summed E-state index contributed by atoms with van der Waals surface area (Å²) in [4.78, 5) is 24.1. The van der Waals surface area contributed by atoms with Crippen molar-refractivity contribution in [1.29, 1.82) is 0 Å². The van der Waals surface area contributed by atoms with E-state index >= 15 is 0 Å². The number of rotatable bonds is 10. The molecule has 1 aromatic heterocycles. The van der Waals surface area contributed by atoms with Crippen molar-refractivity contribution in [2.24, 2.45) is 10.9 Å². The number of hydrogen-bond acceptors (Lipinski definition) is 5. The molecule has 2 amide bonds. The summed E-state index contributed by atoms with van der Waals surface area (Å²) >= 11 is 1.63. The second kappa shape index (κ2) is 15.3. The Labute approximate surface area is 283 Å². The lowest BCUT2D eigenvalue weighted by Gasteiger charge is -2.37. The lowest BCUT2D eigenvalue weighted by atomic mass is 9.95. The summed E-state index contributed by atoms with van der Waals surface area (Å²) in [6.45, 7) is 11.4. The van der Waals surface area contributed by atoms with Crippen LogP contribution in [0.25, 0.3) is 17.1 Å². The van der Waals surface area contributed by atoms with Gasteiger partial charge >= 0.3 is 12.4 Å². The molecule has 1 fully saturated rings. The Kier molecular flexibility index (Phi) is 11.1. The van der Waals surface area contributed by atoms with E-state index in [1.165, 1.54) is 46.4 Å². The van der Waals surface area contributed by atoms with Crippen LogP contribution in [0.1, 0.15) is 63.1 Å². The molecule has 1 aliphatic heterocycles. The second-order valence-electron chi connectivity index (χ2n) is 12.5. The van der Waals surface area contributed by atoms with Crippen LogP contribution in [0.15, 0.2) is 78.0 Å². The Morgan fingerprint density at radius 2 is 1.81 bits per heavy atom. The predicted octanol–water partition coefficient (Wildman–Crippen LogP) is 8.93. The second-order valence-corrected chi connectivity index (χ2v) is 13.6. The third-order valence-electron chi connectivity index (χ3n) is 8.29. The Bertz CT molecular complexity index is 1720. The first-order valence-corrected chi connectivity index (χ1v) is 17.1. The summed E-state index contributed by atoms with van der Waals surface area (Å²) in [5, 5.41) is 8.22. The zero-order valence-corrected chi connectivity index (χ0v) is 28.6. The van der Waals surface area contributed by atoms with Crippen molar-refractivity contribution in [2.45, 2.75) is 72.2 Å². The fourth-order valence-electron chi connectivity index (χ4n) is 5.93. The minimum atomic E-state index is -4.74. The number of carbonyl (C=O) groups excluding carboxylic acids is 1. The number of aryl methyl sites for hydroxylation is 1. The number of hydrogen-bond donors (Lipinski definition) is 1. The number of alkyl halides is 3. The molecule has 0 saturated carbocycles. The van der Waals surface area contributed by atoms with Gasteiger partial charge in [-0.05, 0) is 92.0 Å². The number of halogens is 3. The molecule has 4 aromatic rings. The maximum absolute atomic E-state index is 13.0. The average molecular weight is 679 g/mol. The number of benzene rings is 3. The third kappa shape index (κ3) is 8.97. The van der Waals surface area contributed by atoms with Gasteiger partial charge in [0.25, 0.3) is 0 Å². The summed E-state index contributed by atoms with van der Waals surface area (Å²) in [5.74, 6) is 1.81. The molecule has 1 saturated heterocycles. The van der Waals surface area contributed by atoms with Crippen LogP contribution >= 0.6 is 11.8 Å². The number of ether oxygens (including phenoxy) is 1. The number of amidine groups is 1. The highest BCUT2D eigenvalue weighted by Gasteiger charge is 2.31. The molecule has 48 heavy (non-hydrogen) atoms. The van der Waals surface area contributed by atoms with Gasteiger partial charge in [0.05, 0.1) is 5.69 Å². The highest BCUT2D eigenvalue weighted by atomic mass is 32.2. The molecule has 1 N–H and O–H groups in total. The number of amides is 2. The molecule has 2 unspecified atom stereocenters. The van der Waals surface area contributed by atoms with Crippen molar-refractivity contribution < 1.29 is 22.7 Å². The number of thioether (sulfide) groups is 1. The van der Waals surface area contributed by atoms with E-state index in [0.29, 0.717) is 29.9 Å². The molecule has 0 spiro atoms. The van der Waals surface area contributed by atoms with Crippen LogP contribution < -0.4 is 15.0 Å². The Morgan fingerprint density at radius 3 is 2.50 bits per heavy atom. The summed E-state index contributed by atoms with van der Waals surface area (Å²) < 4.78 is 42.7. The van der Waals surface area contributed by atoms with Crippen molar-refractivity contribution in [3.8, 4) is 22.8 Å². The smallest absolute Gasteiger partial charge is 0.406 e. The van der Waals surface area contributed by atoms with E-state index in [0.717, 1.165) is 47.0 Å². The van der Waals surface area contributed by atoms with Crippen LogP contribution in [0.4, 0.5) is 23.7 Å². The fourth-order valence-corrected chi connectivity index (χ4v) is 7.13. The van der Waals surface area contributed by atoms with Crippen molar-refractivity contribution in [3.05, 3.63) is 89.7 Å². The summed E-state index contributed by atoms with van der Waals surface area (Å²) in [7, 11) is 0. The van der Waals surface area contributed by atoms with Crippen molar-refractivity contribution >= 4 is 28.6 Å². The highest BCUT2D eigenvalue weighted by Crippen LogP contribution is 2.36. The minimum absolute atomic E-state index is 0.248.